The van der Waals surface area contributed by atoms with Crippen molar-refractivity contribution in [3.63, 3.8) is 0 Å². The van der Waals surface area contributed by atoms with Crippen molar-refractivity contribution in [2.75, 3.05) is 52.5 Å². The molecule has 0 unspecified atom stereocenters. The Bertz CT molecular complexity index is 393. The van der Waals surface area contributed by atoms with Crippen LogP contribution in [0.1, 0.15) is 5.56 Å². The van der Waals surface area contributed by atoms with Gasteiger partial charge in [-0.3, -0.25) is 0 Å². The lowest BCUT2D eigenvalue weighted by atomic mass is 10.1. The second-order valence-corrected chi connectivity index (χ2v) is 4.49. The molecule has 0 atom stereocenters. The Morgan fingerprint density at radius 1 is 1.10 bits per heavy atom. The summed E-state index contributed by atoms with van der Waals surface area (Å²) in [5.74, 6) is -1.13. The van der Waals surface area contributed by atoms with Crippen LogP contribution in [0.15, 0.2) is 12.1 Å². The van der Waals surface area contributed by atoms with E-state index < -0.39 is 11.6 Å². The van der Waals surface area contributed by atoms with Crippen LogP contribution < -0.4 is 10.2 Å². The zero-order valence-corrected chi connectivity index (χ0v) is 12.2. The van der Waals surface area contributed by atoms with Crippen LogP contribution in [0.25, 0.3) is 0 Å². The molecule has 0 aliphatic rings. The summed E-state index contributed by atoms with van der Waals surface area (Å²) in [7, 11) is 4.79. The van der Waals surface area contributed by atoms with Crippen LogP contribution in [-0.2, 0) is 16.0 Å². The van der Waals surface area contributed by atoms with Gasteiger partial charge >= 0.3 is 0 Å². The Labute approximate surface area is 118 Å². The highest BCUT2D eigenvalue weighted by atomic mass is 19.1. The van der Waals surface area contributed by atoms with E-state index in [0.717, 1.165) is 0 Å². The van der Waals surface area contributed by atoms with Gasteiger partial charge in [-0.15, -0.1) is 0 Å². The first kappa shape index (κ1) is 16.8. The Morgan fingerprint density at radius 2 is 1.70 bits per heavy atom. The summed E-state index contributed by atoms with van der Waals surface area (Å²) in [4.78, 5) is 1.51. The molecule has 0 spiro atoms. The van der Waals surface area contributed by atoms with Gasteiger partial charge in [-0.1, -0.05) is 0 Å². The summed E-state index contributed by atoms with van der Waals surface area (Å²) in [5, 5.41) is 3.05. The van der Waals surface area contributed by atoms with Gasteiger partial charge in [0.1, 0.15) is 17.3 Å². The molecule has 0 bridgehead atoms. The standard InChI is InChI=1S/C14H22F2N2O2/c1-18(5-7-20-3)14-12(15)8-11(9-13(14)16)10-17-4-6-19-2/h8-9,17H,4-7,10H2,1-3H3. The molecule has 0 saturated carbocycles. The van der Waals surface area contributed by atoms with Crippen molar-refractivity contribution in [3.8, 4) is 0 Å². The predicted octanol–water partition coefficient (Wildman–Crippen LogP) is 1.78. The number of likely N-dealkylation sites (N-methyl/N-ethyl adjacent to an activating group) is 1. The Balaban J connectivity index is 2.70. The monoisotopic (exact) mass is 288 g/mol. The Hall–Kier alpha value is -1.24. The van der Waals surface area contributed by atoms with E-state index in [0.29, 0.717) is 38.4 Å². The van der Waals surface area contributed by atoms with Crippen LogP contribution in [0.4, 0.5) is 14.5 Å². The molecule has 4 nitrogen and oxygen atoms in total. The second-order valence-electron chi connectivity index (χ2n) is 4.49. The van der Waals surface area contributed by atoms with Gasteiger partial charge in [-0.25, -0.2) is 8.78 Å². The molecule has 0 radical (unpaired) electrons. The number of anilines is 1. The number of rotatable bonds is 9. The third kappa shape index (κ3) is 5.03. The Kier molecular flexibility index (Phi) is 7.43. The highest BCUT2D eigenvalue weighted by molar-refractivity contribution is 5.50. The lowest BCUT2D eigenvalue weighted by Crippen LogP contribution is -2.24. The molecule has 114 valence electrons. The van der Waals surface area contributed by atoms with Gasteiger partial charge in [-0.2, -0.15) is 0 Å². The van der Waals surface area contributed by atoms with Gasteiger partial charge in [0.2, 0.25) is 0 Å². The maximum atomic E-state index is 14.0. The topological polar surface area (TPSA) is 33.7 Å². The highest BCUT2D eigenvalue weighted by Gasteiger charge is 2.15. The maximum Gasteiger partial charge on any atom is 0.149 e. The van der Waals surface area contributed by atoms with E-state index in [-0.39, 0.29) is 5.69 Å². The van der Waals surface area contributed by atoms with Crippen molar-refractivity contribution >= 4 is 5.69 Å². The molecule has 1 rings (SSSR count). The van der Waals surface area contributed by atoms with E-state index >= 15 is 0 Å². The average molecular weight is 288 g/mol. The summed E-state index contributed by atoms with van der Waals surface area (Å²) in [6, 6.07) is 2.70. The molecule has 1 aromatic rings. The lowest BCUT2D eigenvalue weighted by Gasteiger charge is -2.20. The first-order valence-corrected chi connectivity index (χ1v) is 6.47. The molecule has 0 heterocycles. The number of nitrogens with one attached hydrogen (secondary N) is 1. The normalized spacial score (nSPS) is 10.8. The van der Waals surface area contributed by atoms with Crippen molar-refractivity contribution in [1.29, 1.82) is 0 Å². The van der Waals surface area contributed by atoms with Crippen LogP contribution >= 0.6 is 0 Å². The molecule has 0 aromatic heterocycles. The number of benzene rings is 1. The van der Waals surface area contributed by atoms with E-state index in [9.17, 15) is 8.78 Å². The second kappa shape index (κ2) is 8.84. The molecule has 1 N–H and O–H groups in total. The predicted molar refractivity (Wildman–Crippen MR) is 75.1 cm³/mol. The molecular weight excluding hydrogens is 266 g/mol. The van der Waals surface area contributed by atoms with Crippen molar-refractivity contribution < 1.29 is 18.3 Å². The van der Waals surface area contributed by atoms with Gasteiger partial charge in [0, 0.05) is 40.9 Å². The first-order chi connectivity index (χ1) is 9.60. The highest BCUT2D eigenvalue weighted by Crippen LogP contribution is 2.24. The molecule has 0 aliphatic carbocycles. The molecular formula is C14H22F2N2O2. The van der Waals surface area contributed by atoms with Crippen LogP contribution in [0.2, 0.25) is 0 Å². The number of nitrogens with zero attached hydrogens (tertiary/aromatic N) is 1. The number of hydrogen-bond acceptors (Lipinski definition) is 4. The van der Waals surface area contributed by atoms with Crippen molar-refractivity contribution in [2.45, 2.75) is 6.54 Å². The van der Waals surface area contributed by atoms with E-state index in [1.807, 2.05) is 0 Å². The number of halogens is 2. The summed E-state index contributed by atoms with van der Waals surface area (Å²) < 4.78 is 37.8. The lowest BCUT2D eigenvalue weighted by molar-refractivity contribution is 0.199. The van der Waals surface area contributed by atoms with Crippen molar-refractivity contribution in [2.24, 2.45) is 0 Å². The maximum absolute atomic E-state index is 14.0. The summed E-state index contributed by atoms with van der Waals surface area (Å²) in [5.41, 5.74) is 0.544. The van der Waals surface area contributed by atoms with E-state index in [4.69, 9.17) is 9.47 Å². The summed E-state index contributed by atoms with van der Waals surface area (Å²) in [6.45, 7) is 2.43. The van der Waals surface area contributed by atoms with Crippen LogP contribution in [0.3, 0.4) is 0 Å². The zero-order valence-electron chi connectivity index (χ0n) is 12.2. The Morgan fingerprint density at radius 3 is 2.25 bits per heavy atom. The molecule has 0 aliphatic heterocycles. The molecule has 20 heavy (non-hydrogen) atoms. The van der Waals surface area contributed by atoms with Crippen LogP contribution in [-0.4, -0.2) is 47.6 Å². The molecule has 0 fully saturated rings. The summed E-state index contributed by atoms with van der Waals surface area (Å²) in [6.07, 6.45) is 0. The number of hydrogen-bond donors (Lipinski definition) is 1. The van der Waals surface area contributed by atoms with E-state index in [2.05, 4.69) is 5.32 Å². The van der Waals surface area contributed by atoms with Crippen LogP contribution in [0, 0.1) is 11.6 Å². The van der Waals surface area contributed by atoms with Crippen molar-refractivity contribution in [1.82, 2.24) is 5.32 Å². The van der Waals surface area contributed by atoms with Gasteiger partial charge in [0.25, 0.3) is 0 Å². The third-order valence-corrected chi connectivity index (χ3v) is 2.90. The van der Waals surface area contributed by atoms with E-state index in [1.54, 1.807) is 21.3 Å². The fourth-order valence-corrected chi connectivity index (χ4v) is 1.83. The molecule has 0 amide bonds. The minimum Gasteiger partial charge on any atom is -0.383 e. The smallest absolute Gasteiger partial charge is 0.149 e. The first-order valence-electron chi connectivity index (χ1n) is 6.47. The minimum absolute atomic E-state index is 0.0253. The molecule has 6 heteroatoms. The van der Waals surface area contributed by atoms with Gasteiger partial charge in [0.15, 0.2) is 0 Å². The quantitative estimate of drug-likeness (QED) is 0.702. The van der Waals surface area contributed by atoms with Crippen LogP contribution in [0.5, 0.6) is 0 Å². The fourth-order valence-electron chi connectivity index (χ4n) is 1.83. The molecule has 1 aromatic carbocycles. The third-order valence-electron chi connectivity index (χ3n) is 2.90. The van der Waals surface area contributed by atoms with Gasteiger partial charge in [-0.05, 0) is 17.7 Å². The average Bonchev–Trinajstić information content (AvgIpc) is 2.40. The van der Waals surface area contributed by atoms with Crippen molar-refractivity contribution in [3.05, 3.63) is 29.3 Å². The zero-order chi connectivity index (χ0) is 15.0. The van der Waals surface area contributed by atoms with Gasteiger partial charge < -0.3 is 19.7 Å². The number of methoxy groups -OCH3 is 2. The number of ether oxygens (including phenoxy) is 2. The minimum atomic E-state index is -0.563. The SMILES string of the molecule is COCCNCc1cc(F)c(N(C)CCOC)c(F)c1. The largest absolute Gasteiger partial charge is 0.383 e. The fraction of sp³-hybridized carbons (Fsp3) is 0.571. The summed E-state index contributed by atoms with van der Waals surface area (Å²) >= 11 is 0. The van der Waals surface area contributed by atoms with Gasteiger partial charge in [0.05, 0.1) is 13.2 Å². The molecule has 0 saturated heterocycles. The van der Waals surface area contributed by atoms with E-state index in [1.165, 1.54) is 17.0 Å².